The molecule has 0 aliphatic heterocycles. The molecular weight excluding hydrogens is 158 g/mol. The van der Waals surface area contributed by atoms with E-state index in [4.69, 9.17) is 6.42 Å². The molecule has 0 aliphatic rings. The van der Waals surface area contributed by atoms with Crippen molar-refractivity contribution in [2.75, 3.05) is 0 Å². The summed E-state index contributed by atoms with van der Waals surface area (Å²) in [5, 5.41) is 2.25. The van der Waals surface area contributed by atoms with Gasteiger partial charge in [-0.05, 0) is 12.5 Å². The fraction of sp³-hybridized carbons (Fsp3) is 0.0833. The Balaban J connectivity index is 2.94. The molecule has 0 spiro atoms. The smallest absolute Gasteiger partial charge is 0.0504 e. The predicted molar refractivity (Wildman–Crippen MR) is 54.4 cm³/mol. The van der Waals surface area contributed by atoms with Crippen molar-refractivity contribution in [3.63, 3.8) is 0 Å². The molecule has 1 heterocycles. The molecule has 1 aromatic heterocycles. The monoisotopic (exact) mass is 167 g/mol. The maximum atomic E-state index is 5.38. The van der Waals surface area contributed by atoms with Crippen LogP contribution in [0.25, 0.3) is 10.8 Å². The van der Waals surface area contributed by atoms with Gasteiger partial charge in [-0.1, -0.05) is 24.1 Å². The number of terminal acetylenes is 1. The topological polar surface area (TPSA) is 12.9 Å². The molecule has 0 N–H and O–H groups in total. The van der Waals surface area contributed by atoms with Crippen molar-refractivity contribution >= 4 is 10.8 Å². The van der Waals surface area contributed by atoms with Crippen LogP contribution in [0.5, 0.6) is 0 Å². The Morgan fingerprint density at radius 1 is 1.23 bits per heavy atom. The molecule has 2 aromatic rings. The predicted octanol–water partition coefficient (Wildman–Crippen LogP) is 2.52. The first kappa shape index (κ1) is 7.82. The Hall–Kier alpha value is -1.81. The second-order valence-electron chi connectivity index (χ2n) is 3.00. The highest BCUT2D eigenvalue weighted by Gasteiger charge is 1.99. The Kier molecular flexibility index (Phi) is 1.75. The van der Waals surface area contributed by atoms with Gasteiger partial charge in [-0.15, -0.1) is 6.42 Å². The number of rotatable bonds is 0. The Labute approximate surface area is 77.4 Å². The van der Waals surface area contributed by atoms with Gasteiger partial charge >= 0.3 is 0 Å². The van der Waals surface area contributed by atoms with Crippen molar-refractivity contribution in [3.05, 3.63) is 41.7 Å². The van der Waals surface area contributed by atoms with Crippen LogP contribution in [-0.4, -0.2) is 4.98 Å². The average Bonchev–Trinajstić information content (AvgIpc) is 2.18. The molecule has 0 unspecified atom stereocenters. The lowest BCUT2D eigenvalue weighted by atomic mass is 10.0. The van der Waals surface area contributed by atoms with Crippen molar-refractivity contribution in [2.24, 2.45) is 0 Å². The zero-order chi connectivity index (χ0) is 9.26. The second-order valence-corrected chi connectivity index (χ2v) is 3.00. The average molecular weight is 167 g/mol. The molecule has 0 radical (unpaired) electrons. The number of pyridine rings is 1. The van der Waals surface area contributed by atoms with Crippen LogP contribution in [0, 0.1) is 19.3 Å². The quantitative estimate of drug-likeness (QED) is 0.549. The summed E-state index contributed by atoms with van der Waals surface area (Å²) in [6.07, 6.45) is 8.95. The van der Waals surface area contributed by atoms with Gasteiger partial charge in [0.15, 0.2) is 0 Å². The molecule has 13 heavy (non-hydrogen) atoms. The van der Waals surface area contributed by atoms with E-state index in [2.05, 4.69) is 23.9 Å². The molecule has 0 atom stereocenters. The zero-order valence-corrected chi connectivity index (χ0v) is 7.41. The normalized spacial score (nSPS) is 9.85. The molecular formula is C12H9N. The molecule has 0 fully saturated rings. The summed E-state index contributed by atoms with van der Waals surface area (Å²) in [5.74, 6) is 2.63. The summed E-state index contributed by atoms with van der Waals surface area (Å²) in [4.78, 5) is 4.10. The first-order valence-electron chi connectivity index (χ1n) is 4.13. The van der Waals surface area contributed by atoms with Gasteiger partial charge < -0.3 is 0 Å². The van der Waals surface area contributed by atoms with E-state index in [1.807, 2.05) is 18.3 Å². The van der Waals surface area contributed by atoms with E-state index in [1.165, 1.54) is 5.56 Å². The maximum absolute atomic E-state index is 5.38. The number of benzene rings is 1. The van der Waals surface area contributed by atoms with Crippen molar-refractivity contribution < 1.29 is 0 Å². The van der Waals surface area contributed by atoms with Gasteiger partial charge in [0.2, 0.25) is 0 Å². The summed E-state index contributed by atoms with van der Waals surface area (Å²) in [7, 11) is 0. The van der Waals surface area contributed by atoms with E-state index in [-0.39, 0.29) is 0 Å². The maximum Gasteiger partial charge on any atom is 0.0504 e. The van der Waals surface area contributed by atoms with Crippen molar-refractivity contribution in [1.82, 2.24) is 4.98 Å². The van der Waals surface area contributed by atoms with Crippen LogP contribution in [0.3, 0.4) is 0 Å². The molecule has 1 aromatic carbocycles. The number of aromatic nitrogens is 1. The number of hydrogen-bond donors (Lipinski definition) is 0. The van der Waals surface area contributed by atoms with Crippen molar-refractivity contribution in [1.29, 1.82) is 0 Å². The fourth-order valence-corrected chi connectivity index (χ4v) is 1.46. The minimum Gasteiger partial charge on any atom is -0.263 e. The number of aryl methyl sites for hydroxylation is 1. The number of hydrogen-bond acceptors (Lipinski definition) is 1. The van der Waals surface area contributed by atoms with Crippen molar-refractivity contribution in [3.8, 4) is 12.3 Å². The van der Waals surface area contributed by atoms with E-state index >= 15 is 0 Å². The van der Waals surface area contributed by atoms with Crippen LogP contribution in [0.1, 0.15) is 11.1 Å². The van der Waals surface area contributed by atoms with Crippen LogP contribution in [0.15, 0.2) is 30.6 Å². The summed E-state index contributed by atoms with van der Waals surface area (Å²) in [6.45, 7) is 2.06. The molecule has 0 bridgehead atoms. The van der Waals surface area contributed by atoms with Gasteiger partial charge in [-0.2, -0.15) is 0 Å². The van der Waals surface area contributed by atoms with Crippen LogP contribution < -0.4 is 0 Å². The molecule has 0 saturated heterocycles. The Morgan fingerprint density at radius 3 is 2.85 bits per heavy atom. The number of nitrogens with zero attached hydrogens (tertiary/aromatic N) is 1. The molecule has 0 amide bonds. The van der Waals surface area contributed by atoms with Crippen LogP contribution in [-0.2, 0) is 0 Å². The van der Waals surface area contributed by atoms with Crippen LogP contribution >= 0.6 is 0 Å². The lowest BCUT2D eigenvalue weighted by molar-refractivity contribution is 1.34. The standard InChI is InChI=1S/C12H9N/c1-3-10-7-13-8-12-9(2)5-4-6-11(10)12/h1,4-8H,2H3. The lowest BCUT2D eigenvalue weighted by Gasteiger charge is -2.02. The molecule has 0 saturated carbocycles. The van der Waals surface area contributed by atoms with Gasteiger partial charge in [0.25, 0.3) is 0 Å². The lowest BCUT2D eigenvalue weighted by Crippen LogP contribution is -1.84. The summed E-state index contributed by atoms with van der Waals surface area (Å²) >= 11 is 0. The Bertz CT molecular complexity index is 492. The van der Waals surface area contributed by atoms with E-state index in [0.29, 0.717) is 0 Å². The van der Waals surface area contributed by atoms with E-state index < -0.39 is 0 Å². The Morgan fingerprint density at radius 2 is 2.08 bits per heavy atom. The first-order chi connectivity index (χ1) is 6.33. The van der Waals surface area contributed by atoms with E-state index in [1.54, 1.807) is 6.20 Å². The molecule has 2 rings (SSSR count). The van der Waals surface area contributed by atoms with Crippen molar-refractivity contribution in [2.45, 2.75) is 6.92 Å². The summed E-state index contributed by atoms with van der Waals surface area (Å²) < 4.78 is 0. The second kappa shape index (κ2) is 2.91. The van der Waals surface area contributed by atoms with Crippen LogP contribution in [0.2, 0.25) is 0 Å². The third kappa shape index (κ3) is 1.17. The van der Waals surface area contributed by atoms with Gasteiger partial charge in [-0.25, -0.2) is 0 Å². The third-order valence-corrected chi connectivity index (χ3v) is 2.18. The van der Waals surface area contributed by atoms with E-state index in [9.17, 15) is 0 Å². The molecule has 1 heteroatoms. The molecule has 0 aliphatic carbocycles. The largest absolute Gasteiger partial charge is 0.263 e. The minimum atomic E-state index is 0.862. The van der Waals surface area contributed by atoms with Gasteiger partial charge in [0.05, 0.1) is 5.56 Å². The van der Waals surface area contributed by atoms with Gasteiger partial charge in [0.1, 0.15) is 0 Å². The minimum absolute atomic E-state index is 0.862. The van der Waals surface area contributed by atoms with E-state index in [0.717, 1.165) is 16.3 Å². The van der Waals surface area contributed by atoms with Crippen LogP contribution in [0.4, 0.5) is 0 Å². The van der Waals surface area contributed by atoms with Gasteiger partial charge in [-0.3, -0.25) is 4.98 Å². The highest BCUT2D eigenvalue weighted by Crippen LogP contribution is 2.19. The first-order valence-corrected chi connectivity index (χ1v) is 4.13. The van der Waals surface area contributed by atoms with Gasteiger partial charge in [0, 0.05) is 23.2 Å². The fourth-order valence-electron chi connectivity index (χ4n) is 1.46. The highest BCUT2D eigenvalue weighted by molar-refractivity contribution is 5.89. The molecule has 1 nitrogen and oxygen atoms in total. The molecule has 62 valence electrons. The summed E-state index contributed by atoms with van der Waals surface area (Å²) in [5.41, 5.74) is 2.07. The summed E-state index contributed by atoms with van der Waals surface area (Å²) in [6, 6.07) is 6.10. The third-order valence-electron chi connectivity index (χ3n) is 2.18. The number of fused-ring (bicyclic) bond motifs is 1. The zero-order valence-electron chi connectivity index (χ0n) is 7.41. The highest BCUT2D eigenvalue weighted by atomic mass is 14.6. The SMILES string of the molecule is C#Cc1cncc2c(C)cccc12.